The van der Waals surface area contributed by atoms with E-state index < -0.39 is 12.1 Å². The monoisotopic (exact) mass is 423 g/mol. The first-order valence-electron chi connectivity index (χ1n) is 10.4. The molecule has 0 aliphatic carbocycles. The van der Waals surface area contributed by atoms with Crippen LogP contribution >= 0.6 is 0 Å². The molecule has 1 aromatic heterocycles. The summed E-state index contributed by atoms with van der Waals surface area (Å²) >= 11 is 0. The molecule has 1 heterocycles. The number of aryl methyl sites for hydroxylation is 4. The Morgan fingerprint density at radius 3 is 2.42 bits per heavy atom. The van der Waals surface area contributed by atoms with Gasteiger partial charge in [-0.1, -0.05) is 23.3 Å². The lowest BCUT2D eigenvalue weighted by Gasteiger charge is -2.15. The Morgan fingerprint density at radius 2 is 1.81 bits per heavy atom. The number of hydrogen-bond donors (Lipinski definition) is 1. The number of carboxylic acid groups (broad SMARTS) is 1. The van der Waals surface area contributed by atoms with Gasteiger partial charge in [0.25, 0.3) is 0 Å². The second-order valence-electron chi connectivity index (χ2n) is 7.76. The van der Waals surface area contributed by atoms with Crippen molar-refractivity contribution in [1.29, 1.82) is 0 Å². The first-order valence-corrected chi connectivity index (χ1v) is 10.4. The Kier molecular flexibility index (Phi) is 7.13. The number of nitrogens with zero attached hydrogens (tertiary/aromatic N) is 1. The Hall–Kier alpha value is -3.12. The fraction of sp³-hybridized carbons (Fsp3) is 0.360. The molecule has 0 bridgehead atoms. The number of carbonyl (C=O) groups is 1. The maximum absolute atomic E-state index is 11.3. The van der Waals surface area contributed by atoms with E-state index in [1.165, 1.54) is 0 Å². The predicted molar refractivity (Wildman–Crippen MR) is 118 cm³/mol. The smallest absolute Gasteiger partial charge is 0.333 e. The van der Waals surface area contributed by atoms with Gasteiger partial charge in [0.15, 0.2) is 6.10 Å². The highest BCUT2D eigenvalue weighted by Crippen LogP contribution is 2.25. The van der Waals surface area contributed by atoms with Crippen molar-refractivity contribution in [2.45, 2.75) is 53.8 Å². The quantitative estimate of drug-likeness (QED) is 0.510. The SMILES string of the molecule is CCO[C@@H](Cc1ccc(OCc2nc(-c3cc(C)cc(C)c3)oc2C)cc1C)C(=O)O. The summed E-state index contributed by atoms with van der Waals surface area (Å²) in [5.41, 5.74) is 5.90. The predicted octanol–water partition coefficient (Wildman–Crippen LogP) is 5.19. The van der Waals surface area contributed by atoms with Gasteiger partial charge in [0.2, 0.25) is 5.89 Å². The largest absolute Gasteiger partial charge is 0.487 e. The molecular formula is C25H29NO5. The average molecular weight is 424 g/mol. The molecule has 31 heavy (non-hydrogen) atoms. The van der Waals surface area contributed by atoms with E-state index in [9.17, 15) is 9.90 Å². The van der Waals surface area contributed by atoms with E-state index in [1.54, 1.807) is 6.92 Å². The summed E-state index contributed by atoms with van der Waals surface area (Å²) in [5, 5.41) is 9.30. The number of hydrogen-bond acceptors (Lipinski definition) is 5. The highest BCUT2D eigenvalue weighted by atomic mass is 16.5. The molecule has 0 aliphatic rings. The zero-order valence-corrected chi connectivity index (χ0v) is 18.7. The number of oxazole rings is 1. The maximum atomic E-state index is 11.3. The summed E-state index contributed by atoms with van der Waals surface area (Å²) in [6, 6.07) is 11.8. The summed E-state index contributed by atoms with van der Waals surface area (Å²) in [6.07, 6.45) is -0.534. The zero-order valence-electron chi connectivity index (χ0n) is 18.7. The van der Waals surface area contributed by atoms with Gasteiger partial charge in [-0.05, 0) is 70.0 Å². The summed E-state index contributed by atoms with van der Waals surface area (Å²) in [7, 11) is 0. The normalized spacial score (nSPS) is 12.0. The molecule has 164 valence electrons. The number of aromatic nitrogens is 1. The Balaban J connectivity index is 1.69. The van der Waals surface area contributed by atoms with Crippen LogP contribution in [-0.4, -0.2) is 28.8 Å². The van der Waals surface area contributed by atoms with Crippen LogP contribution in [0, 0.1) is 27.7 Å². The second-order valence-corrected chi connectivity index (χ2v) is 7.76. The van der Waals surface area contributed by atoms with Gasteiger partial charge in [-0.25, -0.2) is 9.78 Å². The van der Waals surface area contributed by atoms with E-state index in [-0.39, 0.29) is 6.61 Å². The molecule has 0 fully saturated rings. The van der Waals surface area contributed by atoms with Gasteiger partial charge in [0.05, 0.1) is 0 Å². The van der Waals surface area contributed by atoms with E-state index in [2.05, 4.69) is 37.0 Å². The minimum atomic E-state index is -0.956. The van der Waals surface area contributed by atoms with Crippen molar-refractivity contribution in [3.05, 3.63) is 70.1 Å². The highest BCUT2D eigenvalue weighted by molar-refractivity contribution is 5.72. The lowest BCUT2D eigenvalue weighted by atomic mass is 10.0. The molecule has 0 radical (unpaired) electrons. The summed E-state index contributed by atoms with van der Waals surface area (Å²) in [4.78, 5) is 16.0. The molecule has 1 atom stereocenters. The van der Waals surface area contributed by atoms with Crippen LogP contribution in [0.4, 0.5) is 0 Å². The van der Waals surface area contributed by atoms with Crippen LogP contribution in [-0.2, 0) is 22.6 Å². The van der Waals surface area contributed by atoms with Gasteiger partial charge >= 0.3 is 5.97 Å². The highest BCUT2D eigenvalue weighted by Gasteiger charge is 2.19. The van der Waals surface area contributed by atoms with Gasteiger partial charge in [0.1, 0.15) is 23.8 Å². The standard InChI is InChI=1S/C25H29NO5/c1-6-29-23(25(27)28)13-19-7-8-21(12-17(19)4)30-14-22-18(5)31-24(26-22)20-10-15(2)9-16(3)11-20/h7-12,23H,6,13-14H2,1-5H3,(H,27,28)/t23-/m0/s1. The molecule has 0 unspecified atom stereocenters. The molecule has 0 saturated carbocycles. The lowest BCUT2D eigenvalue weighted by molar-refractivity contribution is -0.149. The molecule has 0 amide bonds. The Labute approximate surface area is 182 Å². The summed E-state index contributed by atoms with van der Waals surface area (Å²) in [6.45, 7) is 10.4. The third-order valence-corrected chi connectivity index (χ3v) is 5.10. The van der Waals surface area contributed by atoms with Crippen molar-refractivity contribution >= 4 is 5.97 Å². The number of rotatable bonds is 9. The molecule has 6 nitrogen and oxygen atoms in total. The molecule has 0 aliphatic heterocycles. The minimum Gasteiger partial charge on any atom is -0.487 e. The van der Waals surface area contributed by atoms with E-state index in [1.807, 2.05) is 32.0 Å². The number of ether oxygens (including phenoxy) is 2. The fourth-order valence-corrected chi connectivity index (χ4v) is 3.54. The third kappa shape index (κ3) is 5.73. The first kappa shape index (κ1) is 22.6. The average Bonchev–Trinajstić information content (AvgIpc) is 3.07. The van der Waals surface area contributed by atoms with Crippen molar-refractivity contribution in [2.75, 3.05) is 6.61 Å². The van der Waals surface area contributed by atoms with E-state index in [0.717, 1.165) is 39.3 Å². The second kappa shape index (κ2) is 9.79. The number of carboxylic acids is 1. The lowest BCUT2D eigenvalue weighted by Crippen LogP contribution is -2.26. The molecule has 3 rings (SSSR count). The topological polar surface area (TPSA) is 81.8 Å². The Morgan fingerprint density at radius 1 is 1.10 bits per heavy atom. The molecule has 0 saturated heterocycles. The molecule has 1 N–H and O–H groups in total. The van der Waals surface area contributed by atoms with Crippen LogP contribution in [0.25, 0.3) is 11.5 Å². The fourth-order valence-electron chi connectivity index (χ4n) is 3.54. The van der Waals surface area contributed by atoms with Crippen LogP contribution in [0.5, 0.6) is 5.75 Å². The first-order chi connectivity index (χ1) is 14.8. The maximum Gasteiger partial charge on any atom is 0.333 e. The number of benzene rings is 2. The van der Waals surface area contributed by atoms with Crippen LogP contribution in [0.2, 0.25) is 0 Å². The van der Waals surface area contributed by atoms with Crippen molar-refractivity contribution in [3.8, 4) is 17.2 Å². The number of aliphatic carboxylic acids is 1. The van der Waals surface area contributed by atoms with Crippen molar-refractivity contribution in [3.63, 3.8) is 0 Å². The molecule has 0 spiro atoms. The zero-order chi connectivity index (χ0) is 22.5. The van der Waals surface area contributed by atoms with Crippen molar-refractivity contribution in [2.24, 2.45) is 0 Å². The van der Waals surface area contributed by atoms with Crippen LogP contribution < -0.4 is 4.74 Å². The van der Waals surface area contributed by atoms with E-state index >= 15 is 0 Å². The molecule has 6 heteroatoms. The summed E-state index contributed by atoms with van der Waals surface area (Å²) in [5.74, 6) is 1.05. The van der Waals surface area contributed by atoms with Crippen molar-refractivity contribution in [1.82, 2.24) is 4.98 Å². The molecular weight excluding hydrogens is 394 g/mol. The van der Waals surface area contributed by atoms with Gasteiger partial charge in [-0.2, -0.15) is 0 Å². The van der Waals surface area contributed by atoms with Gasteiger partial charge in [0, 0.05) is 18.6 Å². The molecule has 2 aromatic carbocycles. The van der Waals surface area contributed by atoms with Crippen molar-refractivity contribution < 1.29 is 23.8 Å². The Bertz CT molecular complexity index is 1050. The van der Waals surface area contributed by atoms with Gasteiger partial charge in [-0.3, -0.25) is 0 Å². The third-order valence-electron chi connectivity index (χ3n) is 5.10. The van der Waals surface area contributed by atoms with Gasteiger partial charge < -0.3 is 19.0 Å². The minimum absolute atomic E-state index is 0.287. The van der Waals surface area contributed by atoms with Crippen LogP contribution in [0.1, 0.15) is 40.6 Å². The van der Waals surface area contributed by atoms with Crippen LogP contribution in [0.3, 0.4) is 0 Å². The van der Waals surface area contributed by atoms with Gasteiger partial charge in [-0.15, -0.1) is 0 Å². The van der Waals surface area contributed by atoms with Crippen LogP contribution in [0.15, 0.2) is 40.8 Å². The summed E-state index contributed by atoms with van der Waals surface area (Å²) < 4.78 is 17.1. The van der Waals surface area contributed by atoms with E-state index in [0.29, 0.717) is 24.7 Å². The van der Waals surface area contributed by atoms with E-state index in [4.69, 9.17) is 13.9 Å². The molecule has 3 aromatic rings.